The van der Waals surface area contributed by atoms with Crippen molar-refractivity contribution >= 4 is 34.9 Å². The fourth-order valence-electron chi connectivity index (χ4n) is 2.52. The van der Waals surface area contributed by atoms with E-state index in [1.165, 1.54) is 0 Å². The summed E-state index contributed by atoms with van der Waals surface area (Å²) >= 11 is 0. The van der Waals surface area contributed by atoms with Gasteiger partial charge in [-0.15, -0.1) is 0 Å². The third-order valence-corrected chi connectivity index (χ3v) is 3.35. The van der Waals surface area contributed by atoms with E-state index in [1.807, 2.05) is 24.3 Å². The quantitative estimate of drug-likeness (QED) is 0.646. The minimum absolute atomic E-state index is 0.177. The predicted octanol–water partition coefficient (Wildman–Crippen LogP) is -0.800. The van der Waals surface area contributed by atoms with Gasteiger partial charge in [-0.05, 0) is 12.1 Å². The Balaban J connectivity index is 1.94. The summed E-state index contributed by atoms with van der Waals surface area (Å²) < 4.78 is 0. The number of nitrogens with one attached hydrogen (secondary N) is 2. The standard InChI is InChI=1S/C12H10N6O2/c19-9-5-17-7-3-1-2-4-8(7)18-6-10(20)14-16-12(18)11(17)15-13-9/h1-4H,5-6H2,(H,13,19)(H,14,20). The molecule has 0 aromatic heterocycles. The number of carbonyl (C=O) groups excluding carboxylic acids is 2. The molecular formula is C12H10N6O2. The lowest BCUT2D eigenvalue weighted by Crippen LogP contribution is -2.60. The summed E-state index contributed by atoms with van der Waals surface area (Å²) in [5.74, 6) is 0.696. The topological polar surface area (TPSA) is 89.4 Å². The lowest BCUT2D eigenvalue weighted by atomic mass is 10.1. The van der Waals surface area contributed by atoms with E-state index < -0.39 is 0 Å². The Morgan fingerprint density at radius 3 is 1.75 bits per heavy atom. The third-order valence-electron chi connectivity index (χ3n) is 3.35. The van der Waals surface area contributed by atoms with Gasteiger partial charge in [0.05, 0.1) is 11.4 Å². The first-order valence-electron chi connectivity index (χ1n) is 6.11. The number of hydrogen-bond acceptors (Lipinski definition) is 6. The largest absolute Gasteiger partial charge is 0.310 e. The smallest absolute Gasteiger partial charge is 0.260 e. The van der Waals surface area contributed by atoms with Crippen molar-refractivity contribution < 1.29 is 9.59 Å². The highest BCUT2D eigenvalue weighted by Gasteiger charge is 2.39. The highest BCUT2D eigenvalue weighted by atomic mass is 16.2. The monoisotopic (exact) mass is 270 g/mol. The van der Waals surface area contributed by atoms with Crippen molar-refractivity contribution in [2.75, 3.05) is 22.9 Å². The van der Waals surface area contributed by atoms with Crippen LogP contribution in [0.5, 0.6) is 0 Å². The Kier molecular flexibility index (Phi) is 2.08. The summed E-state index contributed by atoms with van der Waals surface area (Å²) in [5.41, 5.74) is 6.57. The summed E-state index contributed by atoms with van der Waals surface area (Å²) in [5, 5.41) is 8.12. The normalized spacial score (nSPS) is 20.0. The number of benzene rings is 1. The molecule has 8 heteroatoms. The van der Waals surface area contributed by atoms with Gasteiger partial charge in [-0.3, -0.25) is 9.59 Å². The number of hydrogen-bond donors (Lipinski definition) is 2. The second-order valence-corrected chi connectivity index (χ2v) is 4.60. The number of amides is 2. The average Bonchev–Trinajstić information content (AvgIpc) is 2.47. The summed E-state index contributed by atoms with van der Waals surface area (Å²) in [4.78, 5) is 26.7. The molecule has 0 radical (unpaired) electrons. The van der Waals surface area contributed by atoms with Gasteiger partial charge in [-0.1, -0.05) is 12.1 Å². The zero-order chi connectivity index (χ0) is 13.7. The van der Waals surface area contributed by atoms with Crippen LogP contribution in [0, 0.1) is 0 Å². The lowest BCUT2D eigenvalue weighted by Gasteiger charge is -2.41. The molecule has 3 aliphatic rings. The van der Waals surface area contributed by atoms with Crippen LogP contribution in [-0.2, 0) is 9.59 Å². The van der Waals surface area contributed by atoms with Crippen LogP contribution < -0.4 is 20.7 Å². The highest BCUT2D eigenvalue weighted by molar-refractivity contribution is 6.53. The van der Waals surface area contributed by atoms with Crippen molar-refractivity contribution in [2.24, 2.45) is 10.2 Å². The van der Waals surface area contributed by atoms with E-state index in [9.17, 15) is 9.59 Å². The van der Waals surface area contributed by atoms with Gasteiger partial charge in [0, 0.05) is 0 Å². The van der Waals surface area contributed by atoms with E-state index in [0.29, 0.717) is 11.7 Å². The number of anilines is 2. The van der Waals surface area contributed by atoms with Crippen LogP contribution in [0.25, 0.3) is 0 Å². The summed E-state index contributed by atoms with van der Waals surface area (Å²) in [6.45, 7) is 0.354. The summed E-state index contributed by atoms with van der Waals surface area (Å²) in [7, 11) is 0. The van der Waals surface area contributed by atoms with Crippen LogP contribution in [0.3, 0.4) is 0 Å². The van der Waals surface area contributed by atoms with Crippen molar-refractivity contribution in [3.05, 3.63) is 24.3 Å². The van der Waals surface area contributed by atoms with Crippen LogP contribution in [-0.4, -0.2) is 36.6 Å². The number of rotatable bonds is 0. The number of hydrazone groups is 2. The maximum atomic E-state index is 11.6. The molecule has 0 bridgehead atoms. The Hall–Kier alpha value is -2.90. The van der Waals surface area contributed by atoms with Gasteiger partial charge in [-0.25, -0.2) is 10.9 Å². The predicted molar refractivity (Wildman–Crippen MR) is 72.3 cm³/mol. The molecule has 0 fully saturated rings. The molecule has 4 rings (SSSR count). The molecular weight excluding hydrogens is 260 g/mol. The van der Waals surface area contributed by atoms with Gasteiger partial charge in [-0.2, -0.15) is 10.2 Å². The van der Waals surface area contributed by atoms with Gasteiger partial charge in [0.15, 0.2) is 11.7 Å². The number of carbonyl (C=O) groups is 2. The molecule has 1 aromatic carbocycles. The molecule has 1 aromatic rings. The average molecular weight is 270 g/mol. The Morgan fingerprint density at radius 2 is 1.30 bits per heavy atom. The van der Waals surface area contributed by atoms with E-state index in [1.54, 1.807) is 9.80 Å². The maximum Gasteiger partial charge on any atom is 0.260 e. The van der Waals surface area contributed by atoms with Gasteiger partial charge >= 0.3 is 0 Å². The first kappa shape index (κ1) is 11.0. The first-order valence-corrected chi connectivity index (χ1v) is 6.11. The number of nitrogens with zero attached hydrogens (tertiary/aromatic N) is 4. The molecule has 3 aliphatic heterocycles. The zero-order valence-corrected chi connectivity index (χ0v) is 10.3. The maximum absolute atomic E-state index is 11.6. The molecule has 8 nitrogen and oxygen atoms in total. The van der Waals surface area contributed by atoms with Crippen LogP contribution in [0.4, 0.5) is 11.4 Å². The van der Waals surface area contributed by atoms with Crippen molar-refractivity contribution in [3.8, 4) is 0 Å². The van der Waals surface area contributed by atoms with E-state index in [0.717, 1.165) is 11.4 Å². The molecule has 0 atom stereocenters. The highest BCUT2D eigenvalue weighted by Crippen LogP contribution is 2.35. The van der Waals surface area contributed by atoms with Crippen LogP contribution in [0.15, 0.2) is 34.5 Å². The Morgan fingerprint density at radius 1 is 0.850 bits per heavy atom. The number of para-hydroxylation sites is 2. The zero-order valence-electron chi connectivity index (χ0n) is 10.3. The summed E-state index contributed by atoms with van der Waals surface area (Å²) in [6, 6.07) is 7.56. The van der Waals surface area contributed by atoms with E-state index in [-0.39, 0.29) is 24.9 Å². The minimum Gasteiger partial charge on any atom is -0.310 e. The van der Waals surface area contributed by atoms with Crippen molar-refractivity contribution in [3.63, 3.8) is 0 Å². The number of fused-ring (bicyclic) bond motifs is 6. The molecule has 2 amide bonds. The molecule has 100 valence electrons. The molecule has 0 spiro atoms. The van der Waals surface area contributed by atoms with Gasteiger partial charge in [0.2, 0.25) is 0 Å². The number of amidine groups is 2. The minimum atomic E-state index is -0.183. The second kappa shape index (κ2) is 3.80. The van der Waals surface area contributed by atoms with Gasteiger partial charge in [0.1, 0.15) is 13.1 Å². The first-order chi connectivity index (χ1) is 9.74. The Labute approximate surface area is 113 Å². The fraction of sp³-hybridized carbons (Fsp3) is 0.167. The van der Waals surface area contributed by atoms with Crippen LogP contribution >= 0.6 is 0 Å². The van der Waals surface area contributed by atoms with Crippen molar-refractivity contribution in [2.45, 2.75) is 0 Å². The summed E-state index contributed by atoms with van der Waals surface area (Å²) in [6.07, 6.45) is 0. The van der Waals surface area contributed by atoms with E-state index in [2.05, 4.69) is 21.1 Å². The lowest BCUT2D eigenvalue weighted by molar-refractivity contribution is -0.120. The van der Waals surface area contributed by atoms with Crippen LogP contribution in [0.2, 0.25) is 0 Å². The molecule has 20 heavy (non-hydrogen) atoms. The van der Waals surface area contributed by atoms with Gasteiger partial charge in [0.25, 0.3) is 11.8 Å². The molecule has 0 aliphatic carbocycles. The van der Waals surface area contributed by atoms with Crippen molar-refractivity contribution in [1.29, 1.82) is 0 Å². The third kappa shape index (κ3) is 1.41. The van der Waals surface area contributed by atoms with Crippen LogP contribution in [0.1, 0.15) is 0 Å². The van der Waals surface area contributed by atoms with E-state index in [4.69, 9.17) is 0 Å². The molecule has 2 N–H and O–H groups in total. The van der Waals surface area contributed by atoms with Gasteiger partial charge < -0.3 is 9.80 Å². The molecule has 0 saturated carbocycles. The second-order valence-electron chi connectivity index (χ2n) is 4.60. The van der Waals surface area contributed by atoms with Crippen molar-refractivity contribution in [1.82, 2.24) is 10.9 Å². The molecule has 3 heterocycles. The molecule has 0 saturated heterocycles. The SMILES string of the molecule is O=C1CN2C(=NN1)C1=NNC(=O)CN1c1ccccc12. The molecule has 0 unspecified atom stereocenters. The Bertz CT molecular complexity index is 636. The fourth-order valence-corrected chi connectivity index (χ4v) is 2.52. The van der Waals surface area contributed by atoms with E-state index >= 15 is 0 Å².